The Bertz CT molecular complexity index is 641. The highest BCUT2D eigenvalue weighted by Gasteiger charge is 2.19. The first-order valence-electron chi connectivity index (χ1n) is 5.46. The fourth-order valence-electron chi connectivity index (χ4n) is 1.51. The lowest BCUT2D eigenvalue weighted by Gasteiger charge is -2.11. The number of hydrogen-bond donors (Lipinski definition) is 2. The standard InChI is InChI=1S/C12H12BrNO3S2/c13-9-4-1-2-6-12(9)19(16,17)14-8-10(15)11-5-3-7-18-11/h1-7,10,14-15H,8H2. The van der Waals surface area contributed by atoms with E-state index in [2.05, 4.69) is 20.7 Å². The zero-order valence-corrected chi connectivity index (χ0v) is 13.0. The molecule has 1 aromatic carbocycles. The van der Waals surface area contributed by atoms with Gasteiger partial charge >= 0.3 is 0 Å². The van der Waals surface area contributed by atoms with Gasteiger partial charge in [0.15, 0.2) is 0 Å². The third-order valence-electron chi connectivity index (χ3n) is 2.46. The van der Waals surface area contributed by atoms with Crippen LogP contribution in [0.1, 0.15) is 11.0 Å². The Morgan fingerprint density at radius 3 is 2.63 bits per heavy atom. The summed E-state index contributed by atoms with van der Waals surface area (Å²) in [5.74, 6) is 0. The predicted octanol–water partition coefficient (Wildman–Crippen LogP) is 2.52. The van der Waals surface area contributed by atoms with E-state index in [0.29, 0.717) is 4.47 Å². The van der Waals surface area contributed by atoms with Gasteiger partial charge in [0.25, 0.3) is 0 Å². The molecule has 1 aromatic heterocycles. The van der Waals surface area contributed by atoms with Crippen molar-refractivity contribution in [3.63, 3.8) is 0 Å². The maximum absolute atomic E-state index is 12.1. The summed E-state index contributed by atoms with van der Waals surface area (Å²) in [7, 11) is -3.63. The topological polar surface area (TPSA) is 66.4 Å². The van der Waals surface area contributed by atoms with E-state index in [1.165, 1.54) is 17.4 Å². The summed E-state index contributed by atoms with van der Waals surface area (Å²) in [6.45, 7) is -0.0514. The molecule has 2 aromatic rings. The maximum Gasteiger partial charge on any atom is 0.241 e. The average molecular weight is 362 g/mol. The summed E-state index contributed by atoms with van der Waals surface area (Å²) in [6.07, 6.45) is -0.836. The van der Waals surface area contributed by atoms with Gasteiger partial charge in [-0.15, -0.1) is 11.3 Å². The summed E-state index contributed by atoms with van der Waals surface area (Å²) in [4.78, 5) is 0.892. The fourth-order valence-corrected chi connectivity index (χ4v) is 4.26. The quantitative estimate of drug-likeness (QED) is 0.859. The van der Waals surface area contributed by atoms with Gasteiger partial charge in [0.1, 0.15) is 6.10 Å². The first kappa shape index (κ1) is 14.7. The number of nitrogens with one attached hydrogen (secondary N) is 1. The number of sulfonamides is 1. The van der Waals surface area contributed by atoms with Crippen molar-refractivity contribution in [3.8, 4) is 0 Å². The SMILES string of the molecule is O=S(=O)(NCC(O)c1cccs1)c1ccccc1Br. The van der Waals surface area contributed by atoms with Crippen molar-refractivity contribution in [1.82, 2.24) is 4.72 Å². The van der Waals surface area contributed by atoms with Crippen LogP contribution in [0.15, 0.2) is 51.1 Å². The molecule has 0 aliphatic heterocycles. The van der Waals surface area contributed by atoms with E-state index in [-0.39, 0.29) is 11.4 Å². The molecule has 0 spiro atoms. The van der Waals surface area contributed by atoms with Crippen LogP contribution in [0.3, 0.4) is 0 Å². The van der Waals surface area contributed by atoms with Crippen LogP contribution in [0.2, 0.25) is 0 Å². The lowest BCUT2D eigenvalue weighted by molar-refractivity contribution is 0.186. The van der Waals surface area contributed by atoms with Gasteiger partial charge in [-0.2, -0.15) is 0 Å². The molecule has 0 saturated carbocycles. The molecular weight excluding hydrogens is 350 g/mol. The number of aliphatic hydroxyl groups is 1. The number of thiophene rings is 1. The van der Waals surface area contributed by atoms with Crippen LogP contribution >= 0.6 is 27.3 Å². The Kier molecular flexibility index (Phi) is 4.75. The Balaban J connectivity index is 2.09. The zero-order chi connectivity index (χ0) is 13.9. The molecule has 102 valence electrons. The Morgan fingerprint density at radius 2 is 2.00 bits per heavy atom. The molecule has 0 bridgehead atoms. The third kappa shape index (κ3) is 3.64. The normalized spacial score (nSPS) is 13.4. The number of aliphatic hydroxyl groups excluding tert-OH is 1. The van der Waals surface area contributed by atoms with Crippen molar-refractivity contribution in [2.24, 2.45) is 0 Å². The lowest BCUT2D eigenvalue weighted by atomic mass is 10.3. The van der Waals surface area contributed by atoms with E-state index < -0.39 is 16.1 Å². The highest BCUT2D eigenvalue weighted by atomic mass is 79.9. The van der Waals surface area contributed by atoms with Gasteiger partial charge in [0.2, 0.25) is 10.0 Å². The van der Waals surface area contributed by atoms with Crippen LogP contribution in [0.25, 0.3) is 0 Å². The van der Waals surface area contributed by atoms with Crippen molar-refractivity contribution in [2.45, 2.75) is 11.0 Å². The summed E-state index contributed by atoms with van der Waals surface area (Å²) in [5.41, 5.74) is 0. The smallest absolute Gasteiger partial charge is 0.241 e. The van der Waals surface area contributed by atoms with E-state index in [9.17, 15) is 13.5 Å². The first-order chi connectivity index (χ1) is 9.00. The molecule has 2 rings (SSSR count). The second-order valence-corrected chi connectivity index (χ2v) is 7.38. The van der Waals surface area contributed by atoms with Gasteiger partial charge in [-0.25, -0.2) is 13.1 Å². The third-order valence-corrected chi connectivity index (χ3v) is 5.87. The number of hydrogen-bond acceptors (Lipinski definition) is 4. The summed E-state index contributed by atoms with van der Waals surface area (Å²) < 4.78 is 27.1. The van der Waals surface area contributed by atoms with Crippen LogP contribution in [0.5, 0.6) is 0 Å². The molecule has 0 saturated heterocycles. The molecule has 1 unspecified atom stereocenters. The van der Waals surface area contributed by atoms with Crippen molar-refractivity contribution < 1.29 is 13.5 Å². The molecule has 4 nitrogen and oxygen atoms in total. The second-order valence-electron chi connectivity index (χ2n) is 3.81. The van der Waals surface area contributed by atoms with Crippen LogP contribution < -0.4 is 4.72 Å². The molecule has 0 radical (unpaired) electrons. The molecule has 0 aliphatic rings. The summed E-state index contributed by atoms with van der Waals surface area (Å²) >= 11 is 4.58. The van der Waals surface area contributed by atoms with Crippen LogP contribution in [0.4, 0.5) is 0 Å². The van der Waals surface area contributed by atoms with Gasteiger partial charge in [-0.1, -0.05) is 18.2 Å². The molecular formula is C12H12BrNO3S2. The predicted molar refractivity (Wildman–Crippen MR) is 78.6 cm³/mol. The minimum Gasteiger partial charge on any atom is -0.386 e. The van der Waals surface area contributed by atoms with E-state index >= 15 is 0 Å². The Labute approximate surface area is 124 Å². The second kappa shape index (κ2) is 6.15. The number of rotatable bonds is 5. The molecule has 0 aliphatic carbocycles. The molecule has 1 heterocycles. The van der Waals surface area contributed by atoms with E-state index in [1.807, 2.05) is 11.4 Å². The minimum absolute atomic E-state index is 0.0514. The fraction of sp³-hybridized carbons (Fsp3) is 0.167. The zero-order valence-electron chi connectivity index (χ0n) is 9.78. The van der Waals surface area contributed by atoms with Crippen molar-refractivity contribution >= 4 is 37.3 Å². The molecule has 7 heteroatoms. The van der Waals surface area contributed by atoms with Gasteiger partial charge < -0.3 is 5.11 Å². The van der Waals surface area contributed by atoms with Gasteiger partial charge in [-0.05, 0) is 39.5 Å². The highest BCUT2D eigenvalue weighted by molar-refractivity contribution is 9.10. The first-order valence-corrected chi connectivity index (χ1v) is 8.62. The summed E-state index contributed by atoms with van der Waals surface area (Å²) in [6, 6.07) is 10.1. The molecule has 0 fully saturated rings. The van der Waals surface area contributed by atoms with E-state index in [4.69, 9.17) is 0 Å². The van der Waals surface area contributed by atoms with Gasteiger partial charge in [-0.3, -0.25) is 0 Å². The van der Waals surface area contributed by atoms with Crippen LogP contribution in [-0.2, 0) is 10.0 Å². The van der Waals surface area contributed by atoms with Crippen LogP contribution in [0, 0.1) is 0 Å². The molecule has 0 amide bonds. The molecule has 1 atom stereocenters. The number of halogens is 1. The molecule has 19 heavy (non-hydrogen) atoms. The monoisotopic (exact) mass is 361 g/mol. The summed E-state index contributed by atoms with van der Waals surface area (Å²) in [5, 5.41) is 11.7. The maximum atomic E-state index is 12.1. The minimum atomic E-state index is -3.63. The largest absolute Gasteiger partial charge is 0.386 e. The van der Waals surface area contributed by atoms with Crippen molar-refractivity contribution in [1.29, 1.82) is 0 Å². The van der Waals surface area contributed by atoms with E-state index in [1.54, 1.807) is 24.3 Å². The molecule has 2 N–H and O–H groups in total. The van der Waals surface area contributed by atoms with Gasteiger partial charge in [0, 0.05) is 15.9 Å². The lowest BCUT2D eigenvalue weighted by Crippen LogP contribution is -2.28. The van der Waals surface area contributed by atoms with Crippen LogP contribution in [-0.4, -0.2) is 20.1 Å². The number of benzene rings is 1. The van der Waals surface area contributed by atoms with Crippen molar-refractivity contribution in [3.05, 3.63) is 51.1 Å². The Morgan fingerprint density at radius 1 is 1.26 bits per heavy atom. The van der Waals surface area contributed by atoms with E-state index in [0.717, 1.165) is 4.88 Å². The van der Waals surface area contributed by atoms with Gasteiger partial charge in [0.05, 0.1) is 4.90 Å². The average Bonchev–Trinajstić information content (AvgIpc) is 2.90. The van der Waals surface area contributed by atoms with Crippen molar-refractivity contribution in [2.75, 3.05) is 6.54 Å². The highest BCUT2D eigenvalue weighted by Crippen LogP contribution is 2.22. The Hall–Kier alpha value is -0.730.